The summed E-state index contributed by atoms with van der Waals surface area (Å²) in [5.74, 6) is 0.916. The molecule has 2 aromatic rings. The molecular weight excluding hydrogens is 388 g/mol. The summed E-state index contributed by atoms with van der Waals surface area (Å²) in [6, 6.07) is 12.4. The van der Waals surface area contributed by atoms with Crippen LogP contribution in [0.4, 0.5) is 10.5 Å². The van der Waals surface area contributed by atoms with Gasteiger partial charge in [-0.25, -0.2) is 0 Å². The minimum atomic E-state index is -0.277. The first-order valence-electron chi connectivity index (χ1n) is 9.62. The summed E-state index contributed by atoms with van der Waals surface area (Å²) in [6.45, 7) is 0. The van der Waals surface area contributed by atoms with E-state index in [9.17, 15) is 9.59 Å². The molecule has 1 aliphatic carbocycles. The predicted molar refractivity (Wildman–Crippen MR) is 115 cm³/mol. The van der Waals surface area contributed by atoms with Gasteiger partial charge in [-0.2, -0.15) is 0 Å². The van der Waals surface area contributed by atoms with E-state index >= 15 is 0 Å². The fourth-order valence-electron chi connectivity index (χ4n) is 3.13. The maximum atomic E-state index is 12.8. The van der Waals surface area contributed by atoms with Crippen LogP contribution >= 0.6 is 11.8 Å². The average Bonchev–Trinajstić information content (AvgIpc) is 3.22. The van der Waals surface area contributed by atoms with Crippen molar-refractivity contribution in [3.63, 3.8) is 0 Å². The second-order valence-corrected chi connectivity index (χ2v) is 8.10. The van der Waals surface area contributed by atoms with Gasteiger partial charge in [0.25, 0.3) is 11.1 Å². The lowest BCUT2D eigenvalue weighted by Crippen LogP contribution is -2.17. The largest absolute Gasteiger partial charge is 0.493 e. The summed E-state index contributed by atoms with van der Waals surface area (Å²) in [7, 11) is 4.95. The number of hydrogen-bond donors (Lipinski definition) is 1. The van der Waals surface area contributed by atoms with Crippen molar-refractivity contribution in [3.8, 4) is 11.5 Å². The van der Waals surface area contributed by atoms with Crippen molar-refractivity contribution >= 4 is 28.6 Å². The smallest absolute Gasteiger partial charge is 0.286 e. The highest BCUT2D eigenvalue weighted by molar-refractivity contribution is 8.13. The Kier molecular flexibility index (Phi) is 7.04. The molecule has 1 N–H and O–H groups in total. The Morgan fingerprint density at radius 3 is 2.48 bits per heavy atom. The third kappa shape index (κ3) is 5.44. The zero-order chi connectivity index (χ0) is 20.8. The minimum absolute atomic E-state index is 0.109. The lowest BCUT2D eigenvalue weighted by atomic mass is 10.1. The van der Waals surface area contributed by atoms with Crippen molar-refractivity contribution < 1.29 is 19.1 Å². The van der Waals surface area contributed by atoms with E-state index < -0.39 is 0 Å². The Hall–Kier alpha value is -2.67. The lowest BCUT2D eigenvalue weighted by molar-refractivity contribution is 0.102. The molecule has 0 aliphatic heterocycles. The number of nitrogens with zero attached hydrogens (tertiary/aromatic N) is 1. The first-order chi connectivity index (χ1) is 14.0. The topological polar surface area (TPSA) is 67.9 Å². The maximum absolute atomic E-state index is 12.8. The van der Waals surface area contributed by atoms with E-state index in [1.165, 1.54) is 17.7 Å². The van der Waals surface area contributed by atoms with Crippen molar-refractivity contribution in [2.75, 3.05) is 26.5 Å². The number of para-hydroxylation sites is 1. The lowest BCUT2D eigenvalue weighted by Gasteiger charge is -2.17. The van der Waals surface area contributed by atoms with Gasteiger partial charge < -0.3 is 19.7 Å². The Morgan fingerprint density at radius 1 is 1.07 bits per heavy atom. The number of methoxy groups -OCH3 is 1. The van der Waals surface area contributed by atoms with Crippen LogP contribution in [-0.2, 0) is 0 Å². The number of carbonyl (C=O) groups excluding carboxylic acids is 2. The first kappa shape index (κ1) is 21.0. The van der Waals surface area contributed by atoms with E-state index in [0.717, 1.165) is 24.6 Å². The van der Waals surface area contributed by atoms with Crippen molar-refractivity contribution in [2.45, 2.75) is 36.7 Å². The molecule has 0 saturated heterocycles. The molecule has 2 amide bonds. The van der Waals surface area contributed by atoms with Crippen LogP contribution in [0, 0.1) is 0 Å². The molecule has 29 heavy (non-hydrogen) atoms. The van der Waals surface area contributed by atoms with E-state index in [2.05, 4.69) is 5.32 Å². The molecule has 0 spiro atoms. The molecule has 3 rings (SSSR count). The number of benzene rings is 2. The van der Waals surface area contributed by atoms with Crippen molar-refractivity contribution in [2.24, 2.45) is 0 Å². The van der Waals surface area contributed by atoms with Crippen molar-refractivity contribution in [1.29, 1.82) is 0 Å². The number of hydrogen-bond acceptors (Lipinski definition) is 5. The van der Waals surface area contributed by atoms with Gasteiger partial charge in [-0.1, -0.05) is 12.1 Å². The van der Waals surface area contributed by atoms with E-state index in [0.29, 0.717) is 27.6 Å². The van der Waals surface area contributed by atoms with Gasteiger partial charge in [-0.15, -0.1) is 0 Å². The predicted octanol–water partition coefficient (Wildman–Crippen LogP) is 5.04. The zero-order valence-electron chi connectivity index (χ0n) is 16.9. The van der Waals surface area contributed by atoms with Gasteiger partial charge in [0, 0.05) is 24.6 Å². The first-order valence-corrected chi connectivity index (χ1v) is 10.4. The van der Waals surface area contributed by atoms with Crippen LogP contribution in [0.5, 0.6) is 11.5 Å². The van der Waals surface area contributed by atoms with Gasteiger partial charge >= 0.3 is 0 Å². The summed E-state index contributed by atoms with van der Waals surface area (Å²) in [4.78, 5) is 27.0. The van der Waals surface area contributed by atoms with E-state index in [-0.39, 0.29) is 17.3 Å². The van der Waals surface area contributed by atoms with E-state index in [1.807, 2.05) is 12.1 Å². The Balaban J connectivity index is 1.75. The summed E-state index contributed by atoms with van der Waals surface area (Å²) >= 11 is 1.07. The molecule has 1 saturated carbocycles. The van der Waals surface area contributed by atoms with Crippen LogP contribution in [-0.4, -0.2) is 43.4 Å². The second-order valence-electron chi connectivity index (χ2n) is 7.10. The average molecular weight is 415 g/mol. The Labute approximate surface area is 175 Å². The number of ether oxygens (including phenoxy) is 2. The van der Waals surface area contributed by atoms with Crippen LogP contribution in [0.25, 0.3) is 0 Å². The van der Waals surface area contributed by atoms with Crippen LogP contribution in [0.2, 0.25) is 0 Å². The molecule has 0 atom stereocenters. The molecule has 0 unspecified atom stereocenters. The number of amides is 2. The summed E-state index contributed by atoms with van der Waals surface area (Å²) in [5, 5.41) is 2.78. The molecule has 6 nitrogen and oxygen atoms in total. The fourth-order valence-corrected chi connectivity index (χ4v) is 3.88. The normalized spacial score (nSPS) is 13.8. The monoisotopic (exact) mass is 414 g/mol. The number of anilines is 1. The van der Waals surface area contributed by atoms with Crippen molar-refractivity contribution in [1.82, 2.24) is 4.90 Å². The zero-order valence-corrected chi connectivity index (χ0v) is 17.8. The minimum Gasteiger partial charge on any atom is -0.493 e. The quantitative estimate of drug-likeness (QED) is 0.671. The highest BCUT2D eigenvalue weighted by Gasteiger charge is 2.20. The second kappa shape index (κ2) is 9.69. The molecule has 1 fully saturated rings. The third-order valence-corrected chi connectivity index (χ3v) is 5.84. The summed E-state index contributed by atoms with van der Waals surface area (Å²) in [6.07, 6.45) is 4.67. The standard InChI is InChI=1S/C22H26N2O4S/c1-24(2)22(26)29-20-11-7-6-10-17(20)23-21(25)15-12-13-18(19(14-15)27-3)28-16-8-4-5-9-16/h6-7,10-14,16H,4-5,8-9H2,1-3H3,(H,23,25). The molecule has 0 heterocycles. The molecule has 7 heteroatoms. The molecule has 0 bridgehead atoms. The van der Waals surface area contributed by atoms with Gasteiger partial charge in [0.15, 0.2) is 11.5 Å². The molecule has 0 radical (unpaired) electrons. The van der Waals surface area contributed by atoms with Gasteiger partial charge in [0.1, 0.15) is 0 Å². The third-order valence-electron chi connectivity index (χ3n) is 4.72. The number of carbonyl (C=O) groups is 2. The highest BCUT2D eigenvalue weighted by Crippen LogP contribution is 2.33. The SMILES string of the molecule is COc1cc(C(=O)Nc2ccccc2SC(=O)N(C)C)ccc1OC1CCCC1. The summed E-state index contributed by atoms with van der Waals surface area (Å²) < 4.78 is 11.5. The number of thioether (sulfide) groups is 1. The molecule has 0 aromatic heterocycles. The van der Waals surface area contributed by atoms with E-state index in [4.69, 9.17) is 9.47 Å². The Bertz CT molecular complexity index is 879. The fraction of sp³-hybridized carbons (Fsp3) is 0.364. The Morgan fingerprint density at radius 2 is 1.79 bits per heavy atom. The molecule has 154 valence electrons. The highest BCUT2D eigenvalue weighted by atomic mass is 32.2. The number of rotatable bonds is 6. The molecule has 2 aromatic carbocycles. The van der Waals surface area contributed by atoms with Gasteiger partial charge in [0.05, 0.1) is 18.9 Å². The van der Waals surface area contributed by atoms with Crippen molar-refractivity contribution in [3.05, 3.63) is 48.0 Å². The number of nitrogens with one attached hydrogen (secondary N) is 1. The van der Waals surface area contributed by atoms with Crippen LogP contribution in [0.1, 0.15) is 36.0 Å². The maximum Gasteiger partial charge on any atom is 0.286 e. The summed E-state index contributed by atoms with van der Waals surface area (Å²) in [5.41, 5.74) is 1.04. The molecule has 1 aliphatic rings. The van der Waals surface area contributed by atoms with Crippen LogP contribution < -0.4 is 14.8 Å². The van der Waals surface area contributed by atoms with E-state index in [1.54, 1.807) is 51.5 Å². The van der Waals surface area contributed by atoms with Gasteiger partial charge in [0.2, 0.25) is 0 Å². The van der Waals surface area contributed by atoms with Gasteiger partial charge in [-0.05, 0) is 67.8 Å². The molecular formula is C22H26N2O4S. The van der Waals surface area contributed by atoms with Crippen LogP contribution in [0.15, 0.2) is 47.4 Å². The van der Waals surface area contributed by atoms with Gasteiger partial charge in [-0.3, -0.25) is 9.59 Å². The van der Waals surface area contributed by atoms with Crippen LogP contribution in [0.3, 0.4) is 0 Å².